The Hall–Kier alpha value is -1.51. The summed E-state index contributed by atoms with van der Waals surface area (Å²) in [6.07, 6.45) is 0. The maximum absolute atomic E-state index is 11.2. The minimum absolute atomic E-state index is 0.00583. The Morgan fingerprint density at radius 3 is 2.83 bits per heavy atom. The van der Waals surface area contributed by atoms with Crippen LogP contribution in [-0.2, 0) is 0 Å². The molecule has 3 heteroatoms. The summed E-state index contributed by atoms with van der Waals surface area (Å²) in [4.78, 5) is 14.0. The zero-order chi connectivity index (χ0) is 8.55. The highest BCUT2D eigenvalue weighted by molar-refractivity contribution is 6.32. The third-order valence-electron chi connectivity index (χ3n) is 1.94. The molecule has 0 spiro atoms. The molecule has 1 heterocycles. The lowest BCUT2D eigenvalue weighted by Crippen LogP contribution is -2.26. The largest absolute Gasteiger partial charge is 0.322 e. The van der Waals surface area contributed by atoms with Gasteiger partial charge < -0.3 is 4.98 Å². The van der Waals surface area contributed by atoms with Crippen molar-refractivity contribution < 1.29 is 0 Å². The summed E-state index contributed by atoms with van der Waals surface area (Å²) >= 11 is 0. The van der Waals surface area contributed by atoms with Crippen LogP contribution in [-0.4, -0.2) is 12.8 Å². The van der Waals surface area contributed by atoms with Gasteiger partial charge in [-0.2, -0.15) is 0 Å². The maximum Gasteiger partial charge on any atom is 0.241 e. The number of nitrogens with one attached hydrogen (secondary N) is 1. The molecule has 0 saturated heterocycles. The van der Waals surface area contributed by atoms with Crippen LogP contribution in [0.15, 0.2) is 35.1 Å². The van der Waals surface area contributed by atoms with Crippen molar-refractivity contribution >= 4 is 24.2 Å². The fourth-order valence-corrected chi connectivity index (χ4v) is 1.26. The Morgan fingerprint density at radius 2 is 2.00 bits per heavy atom. The average Bonchev–Trinajstić information content (AvgIpc) is 2.07. The molecule has 12 heavy (non-hydrogen) atoms. The second kappa shape index (κ2) is 2.52. The van der Waals surface area contributed by atoms with Crippen LogP contribution in [0.1, 0.15) is 0 Å². The number of hydrogen-bond acceptors (Lipinski definition) is 1. The van der Waals surface area contributed by atoms with Crippen LogP contribution >= 0.6 is 0 Å². The molecule has 2 aromatic rings. The fraction of sp³-hybridized carbons (Fsp3) is 0. The second-order valence-corrected chi connectivity index (χ2v) is 2.87. The number of benzene rings is 1. The topological polar surface area (TPSA) is 32.9 Å². The maximum atomic E-state index is 11.2. The van der Waals surface area contributed by atoms with E-state index in [4.69, 9.17) is 0 Å². The van der Waals surface area contributed by atoms with Crippen molar-refractivity contribution in [1.82, 2.24) is 4.98 Å². The van der Waals surface area contributed by atoms with E-state index < -0.39 is 0 Å². The van der Waals surface area contributed by atoms with Crippen LogP contribution in [0.4, 0.5) is 0 Å². The van der Waals surface area contributed by atoms with Crippen LogP contribution in [0, 0.1) is 0 Å². The van der Waals surface area contributed by atoms with Crippen molar-refractivity contribution in [2.24, 2.45) is 0 Å². The third-order valence-corrected chi connectivity index (χ3v) is 1.94. The highest BCUT2D eigenvalue weighted by Gasteiger charge is 1.95. The van der Waals surface area contributed by atoms with Crippen LogP contribution < -0.4 is 11.0 Å². The van der Waals surface area contributed by atoms with Crippen molar-refractivity contribution in [3.63, 3.8) is 0 Å². The molecule has 0 radical (unpaired) electrons. The van der Waals surface area contributed by atoms with Gasteiger partial charge in [0.25, 0.3) is 0 Å². The molecule has 2 rings (SSSR count). The first kappa shape index (κ1) is 7.16. The molecule has 0 fully saturated rings. The number of rotatable bonds is 0. The number of fused-ring (bicyclic) bond motifs is 1. The third kappa shape index (κ3) is 1.03. The molecular weight excluding hydrogens is 149 g/mol. The van der Waals surface area contributed by atoms with Gasteiger partial charge in [0.1, 0.15) is 7.85 Å². The normalized spacial score (nSPS) is 10.3. The first-order valence-corrected chi connectivity index (χ1v) is 3.86. The predicted molar refractivity (Wildman–Crippen MR) is 52.7 cm³/mol. The Balaban J connectivity index is 2.93. The Kier molecular flexibility index (Phi) is 1.50. The van der Waals surface area contributed by atoms with E-state index >= 15 is 0 Å². The first-order chi connectivity index (χ1) is 5.77. The zero-order valence-electron chi connectivity index (χ0n) is 6.79. The molecule has 2 nitrogen and oxygen atoms in total. The van der Waals surface area contributed by atoms with Crippen molar-refractivity contribution in [2.45, 2.75) is 0 Å². The van der Waals surface area contributed by atoms with E-state index in [1.165, 1.54) is 0 Å². The second-order valence-electron chi connectivity index (χ2n) is 2.87. The molecule has 0 bridgehead atoms. The van der Waals surface area contributed by atoms with E-state index in [9.17, 15) is 4.79 Å². The van der Waals surface area contributed by atoms with Crippen LogP contribution in [0.25, 0.3) is 10.9 Å². The molecule has 1 aromatic heterocycles. The van der Waals surface area contributed by atoms with Crippen LogP contribution in [0.3, 0.4) is 0 Å². The van der Waals surface area contributed by atoms with Gasteiger partial charge in [-0.15, -0.1) is 0 Å². The van der Waals surface area contributed by atoms with Gasteiger partial charge in [0.05, 0.1) is 0 Å². The van der Waals surface area contributed by atoms with Crippen LogP contribution in [0.5, 0.6) is 0 Å². The van der Waals surface area contributed by atoms with Gasteiger partial charge in [0.2, 0.25) is 5.56 Å². The summed E-state index contributed by atoms with van der Waals surface area (Å²) in [6.45, 7) is 0. The van der Waals surface area contributed by atoms with E-state index in [1.807, 2.05) is 38.2 Å². The lowest BCUT2D eigenvalue weighted by molar-refractivity contribution is 1.33. The summed E-state index contributed by atoms with van der Waals surface area (Å²) in [5.41, 5.74) is 1.65. The zero-order valence-corrected chi connectivity index (χ0v) is 6.79. The summed E-state index contributed by atoms with van der Waals surface area (Å²) in [5, 5.41) is 1.08. The quantitative estimate of drug-likeness (QED) is 0.527. The molecule has 0 aliphatic heterocycles. The molecule has 0 atom stereocenters. The van der Waals surface area contributed by atoms with E-state index in [0.717, 1.165) is 16.4 Å². The van der Waals surface area contributed by atoms with Crippen molar-refractivity contribution in [1.29, 1.82) is 0 Å². The van der Waals surface area contributed by atoms with Gasteiger partial charge in [-0.05, 0) is 16.9 Å². The predicted octanol–water partition coefficient (Wildman–Crippen LogP) is -0.214. The number of H-pyrrole nitrogens is 1. The smallest absolute Gasteiger partial charge is 0.241 e. The lowest BCUT2D eigenvalue weighted by atomic mass is 9.97. The van der Waals surface area contributed by atoms with Gasteiger partial charge in [-0.25, -0.2) is 0 Å². The number of hydrogen-bond donors (Lipinski definition) is 1. The van der Waals surface area contributed by atoms with Crippen molar-refractivity contribution in [2.75, 3.05) is 0 Å². The SMILES string of the molecule is Bc1cc2ccccc2[nH]c1=O. The molecular formula is C9H8BNO. The molecule has 0 aliphatic rings. The highest BCUT2D eigenvalue weighted by atomic mass is 16.1. The monoisotopic (exact) mass is 157 g/mol. The highest BCUT2D eigenvalue weighted by Crippen LogP contribution is 2.05. The lowest BCUT2D eigenvalue weighted by Gasteiger charge is -1.97. The number of pyridine rings is 1. The van der Waals surface area contributed by atoms with E-state index in [0.29, 0.717) is 0 Å². The minimum atomic E-state index is -0.00583. The molecule has 1 N–H and O–H groups in total. The number of aromatic amines is 1. The van der Waals surface area contributed by atoms with Gasteiger partial charge in [0.15, 0.2) is 0 Å². The standard InChI is InChI=1S/C9H8BNO/c10-7-5-6-3-1-2-4-8(6)11-9(7)12/h1-5H,10H2,(H,11,12). The van der Waals surface area contributed by atoms with Gasteiger partial charge in [0, 0.05) is 5.52 Å². The van der Waals surface area contributed by atoms with Crippen LogP contribution in [0.2, 0.25) is 0 Å². The van der Waals surface area contributed by atoms with Crippen molar-refractivity contribution in [3.05, 3.63) is 40.7 Å². The Labute approximate surface area is 70.6 Å². The summed E-state index contributed by atoms with van der Waals surface area (Å²) < 4.78 is 0. The fourth-order valence-electron chi connectivity index (χ4n) is 1.26. The summed E-state index contributed by atoms with van der Waals surface area (Å²) in [6, 6.07) is 9.65. The Morgan fingerprint density at radius 1 is 1.25 bits per heavy atom. The van der Waals surface area contributed by atoms with Gasteiger partial charge in [-0.3, -0.25) is 4.79 Å². The van der Waals surface area contributed by atoms with E-state index in [-0.39, 0.29) is 5.56 Å². The molecule has 0 saturated carbocycles. The molecule has 0 aliphatic carbocycles. The first-order valence-electron chi connectivity index (χ1n) is 3.86. The van der Waals surface area contributed by atoms with Crippen molar-refractivity contribution in [3.8, 4) is 0 Å². The van der Waals surface area contributed by atoms with E-state index in [1.54, 1.807) is 0 Å². The molecule has 58 valence electrons. The Bertz CT molecular complexity index is 475. The molecule has 1 aromatic carbocycles. The number of aromatic nitrogens is 1. The minimum Gasteiger partial charge on any atom is -0.322 e. The molecule has 0 amide bonds. The van der Waals surface area contributed by atoms with Gasteiger partial charge in [-0.1, -0.05) is 24.3 Å². The molecule has 0 unspecified atom stereocenters. The van der Waals surface area contributed by atoms with Gasteiger partial charge >= 0.3 is 0 Å². The summed E-state index contributed by atoms with van der Waals surface area (Å²) in [5.74, 6) is 0. The number of para-hydroxylation sites is 1. The summed E-state index contributed by atoms with van der Waals surface area (Å²) in [7, 11) is 1.81. The average molecular weight is 157 g/mol. The van der Waals surface area contributed by atoms with E-state index in [2.05, 4.69) is 4.98 Å².